The first-order valence-electron chi connectivity index (χ1n) is 7.07. The molecule has 2 atom stereocenters. The second-order valence-corrected chi connectivity index (χ2v) is 5.26. The normalized spacial score (nSPS) is 20.5. The fourth-order valence-electron chi connectivity index (χ4n) is 2.45. The molecule has 6 heteroatoms. The van der Waals surface area contributed by atoms with Crippen molar-refractivity contribution in [3.05, 3.63) is 29.8 Å². The van der Waals surface area contributed by atoms with Gasteiger partial charge in [0.15, 0.2) is 0 Å². The van der Waals surface area contributed by atoms with E-state index in [0.29, 0.717) is 12.8 Å². The van der Waals surface area contributed by atoms with E-state index in [-0.39, 0.29) is 11.9 Å². The molecular formula is C15H19F3O3. The fourth-order valence-corrected chi connectivity index (χ4v) is 2.45. The van der Waals surface area contributed by atoms with E-state index in [1.165, 1.54) is 24.3 Å². The van der Waals surface area contributed by atoms with Gasteiger partial charge in [0.05, 0.1) is 12.2 Å². The minimum atomic E-state index is -4.68. The molecule has 0 bridgehead atoms. The average molecular weight is 304 g/mol. The molecule has 1 aromatic rings. The van der Waals surface area contributed by atoms with Crippen LogP contribution < -0.4 is 4.74 Å². The molecule has 2 unspecified atom stereocenters. The van der Waals surface area contributed by atoms with Crippen molar-refractivity contribution in [1.82, 2.24) is 0 Å². The van der Waals surface area contributed by atoms with E-state index >= 15 is 0 Å². The third kappa shape index (κ3) is 5.93. The molecule has 3 nitrogen and oxygen atoms in total. The van der Waals surface area contributed by atoms with Gasteiger partial charge in [0, 0.05) is 6.61 Å². The molecule has 0 spiro atoms. The fraction of sp³-hybridized carbons (Fsp3) is 0.600. The standard InChI is InChI=1S/C15H19F3O3/c16-15(17,18)21-14-6-3-11(4-7-14)10-12(19)5-8-13-2-1-9-20-13/h3-4,6-7,12-13,19H,1-2,5,8-10H2. The number of ether oxygens (including phenoxy) is 2. The van der Waals surface area contributed by atoms with E-state index in [4.69, 9.17) is 4.74 Å². The summed E-state index contributed by atoms with van der Waals surface area (Å²) in [6, 6.07) is 5.60. The van der Waals surface area contributed by atoms with Crippen LogP contribution in [0.15, 0.2) is 24.3 Å². The highest BCUT2D eigenvalue weighted by Crippen LogP contribution is 2.23. The summed E-state index contributed by atoms with van der Waals surface area (Å²) in [4.78, 5) is 0. The molecule has 0 amide bonds. The van der Waals surface area contributed by atoms with Gasteiger partial charge in [-0.1, -0.05) is 12.1 Å². The van der Waals surface area contributed by atoms with Gasteiger partial charge in [0.25, 0.3) is 0 Å². The van der Waals surface area contributed by atoms with Crippen LogP contribution in [0, 0.1) is 0 Å². The van der Waals surface area contributed by atoms with E-state index in [2.05, 4.69) is 4.74 Å². The number of rotatable bonds is 6. The van der Waals surface area contributed by atoms with Crippen LogP contribution in [0.25, 0.3) is 0 Å². The Morgan fingerprint density at radius 1 is 1.29 bits per heavy atom. The molecule has 0 saturated carbocycles. The summed E-state index contributed by atoms with van der Waals surface area (Å²) in [5, 5.41) is 9.95. The third-order valence-electron chi connectivity index (χ3n) is 3.47. The van der Waals surface area contributed by atoms with Crippen molar-refractivity contribution < 1.29 is 27.8 Å². The smallest absolute Gasteiger partial charge is 0.406 e. The van der Waals surface area contributed by atoms with Gasteiger partial charge in [-0.2, -0.15) is 0 Å². The van der Waals surface area contributed by atoms with Crippen molar-refractivity contribution in [2.24, 2.45) is 0 Å². The summed E-state index contributed by atoms with van der Waals surface area (Å²) in [5.74, 6) is -0.250. The van der Waals surface area contributed by atoms with E-state index < -0.39 is 12.5 Å². The minimum Gasteiger partial charge on any atom is -0.406 e. The SMILES string of the molecule is OC(CCC1CCCO1)Cc1ccc(OC(F)(F)F)cc1. The van der Waals surface area contributed by atoms with Crippen LogP contribution in [0.5, 0.6) is 5.75 Å². The molecule has 2 rings (SSSR count). The number of hydrogen-bond donors (Lipinski definition) is 1. The highest BCUT2D eigenvalue weighted by molar-refractivity contribution is 5.27. The summed E-state index contributed by atoms with van der Waals surface area (Å²) in [5.41, 5.74) is 0.782. The molecule has 1 fully saturated rings. The maximum absolute atomic E-state index is 12.0. The number of alkyl halides is 3. The zero-order valence-corrected chi connectivity index (χ0v) is 11.6. The Morgan fingerprint density at radius 2 is 2.00 bits per heavy atom. The molecule has 0 aliphatic carbocycles. The van der Waals surface area contributed by atoms with Crippen molar-refractivity contribution in [1.29, 1.82) is 0 Å². The molecule has 0 radical (unpaired) electrons. The zero-order valence-electron chi connectivity index (χ0n) is 11.6. The lowest BCUT2D eigenvalue weighted by molar-refractivity contribution is -0.274. The molecule has 21 heavy (non-hydrogen) atoms. The first-order chi connectivity index (χ1) is 9.92. The van der Waals surface area contributed by atoms with Gasteiger partial charge in [-0.05, 0) is 49.8 Å². The van der Waals surface area contributed by atoms with Crippen LogP contribution in [0.4, 0.5) is 13.2 Å². The lowest BCUT2D eigenvalue weighted by atomic mass is 10.0. The monoisotopic (exact) mass is 304 g/mol. The molecule has 1 N–H and O–H groups in total. The largest absolute Gasteiger partial charge is 0.573 e. The zero-order chi connectivity index (χ0) is 15.3. The lowest BCUT2D eigenvalue weighted by Crippen LogP contribution is -2.17. The Hall–Kier alpha value is -1.27. The molecule has 1 saturated heterocycles. The minimum absolute atomic E-state index is 0.238. The van der Waals surface area contributed by atoms with Gasteiger partial charge in [-0.15, -0.1) is 13.2 Å². The van der Waals surface area contributed by atoms with E-state index in [9.17, 15) is 18.3 Å². The van der Waals surface area contributed by atoms with Gasteiger partial charge in [0.1, 0.15) is 5.75 Å². The molecule has 0 aromatic heterocycles. The Morgan fingerprint density at radius 3 is 2.57 bits per heavy atom. The number of aliphatic hydroxyl groups excluding tert-OH is 1. The summed E-state index contributed by atoms with van der Waals surface area (Å²) in [7, 11) is 0. The Labute approximate surface area is 121 Å². The summed E-state index contributed by atoms with van der Waals surface area (Å²) in [6.07, 6.45) is -0.980. The van der Waals surface area contributed by atoms with Gasteiger partial charge in [0.2, 0.25) is 0 Å². The van der Waals surface area contributed by atoms with Gasteiger partial charge < -0.3 is 14.6 Å². The van der Waals surface area contributed by atoms with E-state index in [1.54, 1.807) is 0 Å². The summed E-state index contributed by atoms with van der Waals surface area (Å²) in [6.45, 7) is 0.793. The Bertz CT molecular complexity index is 425. The van der Waals surface area contributed by atoms with Gasteiger partial charge in [-0.3, -0.25) is 0 Å². The quantitative estimate of drug-likeness (QED) is 0.875. The number of aliphatic hydroxyl groups is 1. The summed E-state index contributed by atoms with van der Waals surface area (Å²) < 4.78 is 45.4. The van der Waals surface area contributed by atoms with Crippen LogP contribution in [-0.4, -0.2) is 30.3 Å². The highest BCUT2D eigenvalue weighted by atomic mass is 19.4. The number of hydrogen-bond acceptors (Lipinski definition) is 3. The predicted octanol–water partition coefficient (Wildman–Crippen LogP) is 3.45. The van der Waals surface area contributed by atoms with Crippen molar-refractivity contribution in [2.75, 3.05) is 6.61 Å². The number of benzene rings is 1. The molecule has 1 heterocycles. The van der Waals surface area contributed by atoms with Crippen LogP contribution in [-0.2, 0) is 11.2 Å². The molecular weight excluding hydrogens is 285 g/mol. The molecule has 1 aromatic carbocycles. The maximum Gasteiger partial charge on any atom is 0.573 e. The molecule has 1 aliphatic rings. The lowest BCUT2D eigenvalue weighted by Gasteiger charge is -2.14. The van der Waals surface area contributed by atoms with Gasteiger partial charge in [-0.25, -0.2) is 0 Å². The first kappa shape index (κ1) is 16.1. The molecule has 118 valence electrons. The van der Waals surface area contributed by atoms with Crippen LogP contribution in [0.1, 0.15) is 31.2 Å². The second-order valence-electron chi connectivity index (χ2n) is 5.26. The second kappa shape index (κ2) is 7.13. The average Bonchev–Trinajstić information content (AvgIpc) is 2.90. The van der Waals surface area contributed by atoms with Gasteiger partial charge >= 0.3 is 6.36 Å². The Balaban J connectivity index is 1.76. The maximum atomic E-state index is 12.0. The van der Waals surface area contributed by atoms with Crippen LogP contribution in [0.3, 0.4) is 0 Å². The first-order valence-corrected chi connectivity index (χ1v) is 7.07. The Kier molecular flexibility index (Phi) is 5.47. The van der Waals surface area contributed by atoms with Crippen molar-refractivity contribution >= 4 is 0 Å². The molecule has 1 aliphatic heterocycles. The van der Waals surface area contributed by atoms with Crippen LogP contribution in [0.2, 0.25) is 0 Å². The predicted molar refractivity (Wildman–Crippen MR) is 71.0 cm³/mol. The van der Waals surface area contributed by atoms with E-state index in [0.717, 1.165) is 31.4 Å². The van der Waals surface area contributed by atoms with Crippen LogP contribution >= 0.6 is 0 Å². The van der Waals surface area contributed by atoms with Crippen molar-refractivity contribution in [2.45, 2.75) is 50.7 Å². The topological polar surface area (TPSA) is 38.7 Å². The highest BCUT2D eigenvalue weighted by Gasteiger charge is 2.30. The van der Waals surface area contributed by atoms with Crippen molar-refractivity contribution in [3.63, 3.8) is 0 Å². The summed E-state index contributed by atoms with van der Waals surface area (Å²) >= 11 is 0. The third-order valence-corrected chi connectivity index (χ3v) is 3.47. The van der Waals surface area contributed by atoms with Crippen molar-refractivity contribution in [3.8, 4) is 5.75 Å². The van der Waals surface area contributed by atoms with E-state index in [1.807, 2.05) is 0 Å². The number of halogens is 3.